The van der Waals surface area contributed by atoms with Gasteiger partial charge in [-0.3, -0.25) is 9.79 Å². The Kier molecular flexibility index (Phi) is 8.38. The van der Waals surface area contributed by atoms with Gasteiger partial charge in [0, 0.05) is 41.7 Å². The number of halogens is 1. The van der Waals surface area contributed by atoms with Crippen molar-refractivity contribution in [1.82, 2.24) is 10.3 Å². The van der Waals surface area contributed by atoms with Crippen molar-refractivity contribution in [2.24, 2.45) is 16.1 Å². The van der Waals surface area contributed by atoms with Gasteiger partial charge in [-0.2, -0.15) is 0 Å². The molecule has 2 aromatic rings. The number of nitrogens with zero attached hydrogens (tertiary/aromatic N) is 2. The normalized spacial score (nSPS) is 16.2. The molecule has 2 unspecified atom stereocenters. The zero-order valence-corrected chi connectivity index (χ0v) is 22.2. The molecule has 0 saturated carbocycles. The van der Waals surface area contributed by atoms with E-state index in [0.717, 1.165) is 17.7 Å². The van der Waals surface area contributed by atoms with Gasteiger partial charge in [-0.1, -0.05) is 47.3 Å². The highest BCUT2D eigenvalue weighted by Gasteiger charge is 2.24. The molecule has 0 saturated heterocycles. The minimum atomic E-state index is -0.545. The number of nitrogens with one attached hydrogen (secondary N) is 3. The maximum absolute atomic E-state index is 15.0. The van der Waals surface area contributed by atoms with Crippen LogP contribution < -0.4 is 21.7 Å². The standard InChI is InChI=1S/C28H39FN6O/c1-8-23(34-25(36)14-28(5,6)7)17(4)32-27-22(29)13-21(16(3)30)26(35-27)33-19-10-11-20-18(12-19)15-31-24(20)9-2/h10-13,15,17,23-24H,3,8-9,14,30H2,1-2,4-7H3,(H,34,36)(H2,32,33,35)/t17?,23-,24?/m0/s1. The molecule has 194 valence electrons. The van der Waals surface area contributed by atoms with Crippen molar-refractivity contribution in [1.29, 1.82) is 0 Å². The number of aliphatic imine (C=N–C) groups is 1. The molecule has 2 heterocycles. The first-order chi connectivity index (χ1) is 16.9. The van der Waals surface area contributed by atoms with E-state index >= 15 is 4.39 Å². The third-order valence-electron chi connectivity index (χ3n) is 6.26. The summed E-state index contributed by atoms with van der Waals surface area (Å²) < 4.78 is 15.0. The second-order valence-electron chi connectivity index (χ2n) is 10.7. The van der Waals surface area contributed by atoms with E-state index in [9.17, 15) is 4.79 Å². The zero-order valence-electron chi connectivity index (χ0n) is 22.2. The van der Waals surface area contributed by atoms with E-state index in [1.165, 1.54) is 11.6 Å². The molecule has 0 radical (unpaired) electrons. The van der Waals surface area contributed by atoms with Gasteiger partial charge >= 0.3 is 0 Å². The van der Waals surface area contributed by atoms with Gasteiger partial charge in [-0.05, 0) is 54.5 Å². The van der Waals surface area contributed by atoms with Crippen molar-refractivity contribution < 1.29 is 9.18 Å². The van der Waals surface area contributed by atoms with Crippen molar-refractivity contribution in [2.45, 2.75) is 78.9 Å². The summed E-state index contributed by atoms with van der Waals surface area (Å²) in [6.45, 7) is 15.8. The van der Waals surface area contributed by atoms with Crippen LogP contribution in [-0.2, 0) is 4.79 Å². The number of anilines is 3. The monoisotopic (exact) mass is 494 g/mol. The van der Waals surface area contributed by atoms with Crippen molar-refractivity contribution in [3.8, 4) is 0 Å². The molecule has 5 N–H and O–H groups in total. The fourth-order valence-electron chi connectivity index (χ4n) is 4.35. The summed E-state index contributed by atoms with van der Waals surface area (Å²) >= 11 is 0. The number of aromatic nitrogens is 1. The molecule has 1 aromatic carbocycles. The van der Waals surface area contributed by atoms with Gasteiger partial charge in [0.25, 0.3) is 0 Å². The summed E-state index contributed by atoms with van der Waals surface area (Å²) in [5.41, 5.74) is 9.46. The van der Waals surface area contributed by atoms with E-state index in [1.54, 1.807) is 0 Å². The van der Waals surface area contributed by atoms with Crippen molar-refractivity contribution in [3.05, 3.63) is 53.4 Å². The highest BCUT2D eigenvalue weighted by Crippen LogP contribution is 2.33. The van der Waals surface area contributed by atoms with Gasteiger partial charge in [0.05, 0.1) is 6.04 Å². The number of carbonyl (C=O) groups excluding carboxylic acids is 1. The Bertz CT molecular complexity index is 1150. The van der Waals surface area contributed by atoms with Crippen LogP contribution in [0.2, 0.25) is 0 Å². The average molecular weight is 495 g/mol. The maximum Gasteiger partial charge on any atom is 0.220 e. The third-order valence-corrected chi connectivity index (χ3v) is 6.26. The topological polar surface area (TPSA) is 104 Å². The Morgan fingerprint density at radius 1 is 1.22 bits per heavy atom. The zero-order chi connectivity index (χ0) is 26.6. The number of rotatable bonds is 10. The summed E-state index contributed by atoms with van der Waals surface area (Å²) in [6.07, 6.45) is 3.91. The van der Waals surface area contributed by atoms with E-state index in [1.807, 2.05) is 59.0 Å². The van der Waals surface area contributed by atoms with E-state index < -0.39 is 5.82 Å². The summed E-state index contributed by atoms with van der Waals surface area (Å²) in [6, 6.07) is 7.06. The summed E-state index contributed by atoms with van der Waals surface area (Å²) in [7, 11) is 0. The van der Waals surface area contributed by atoms with Crippen LogP contribution in [0.1, 0.15) is 83.5 Å². The minimum absolute atomic E-state index is 0.0287. The van der Waals surface area contributed by atoms with Crippen LogP contribution in [0.4, 0.5) is 21.7 Å². The molecular weight excluding hydrogens is 455 g/mol. The molecule has 3 atom stereocenters. The second kappa shape index (κ2) is 11.1. The first-order valence-corrected chi connectivity index (χ1v) is 12.6. The van der Waals surface area contributed by atoms with Crippen LogP contribution in [0.15, 0.2) is 35.8 Å². The number of amides is 1. The van der Waals surface area contributed by atoms with Crippen molar-refractivity contribution in [3.63, 3.8) is 0 Å². The molecule has 8 heteroatoms. The summed E-state index contributed by atoms with van der Waals surface area (Å²) in [4.78, 5) is 21.5. The molecule has 0 fully saturated rings. The number of benzene rings is 1. The predicted octanol–water partition coefficient (Wildman–Crippen LogP) is 5.91. The molecule has 1 aliphatic rings. The Labute approximate surface area is 213 Å². The molecule has 7 nitrogen and oxygen atoms in total. The van der Waals surface area contributed by atoms with Gasteiger partial charge in [0.15, 0.2) is 11.6 Å². The second-order valence-corrected chi connectivity index (χ2v) is 10.7. The van der Waals surface area contributed by atoms with Gasteiger partial charge in [-0.25, -0.2) is 9.37 Å². The molecule has 1 amide bonds. The number of hydrogen-bond donors (Lipinski definition) is 4. The number of fused-ring (bicyclic) bond motifs is 1. The summed E-state index contributed by atoms with van der Waals surface area (Å²) in [5.74, 6) is -0.103. The van der Waals surface area contributed by atoms with Gasteiger partial charge in [0.1, 0.15) is 5.82 Å². The number of carbonyl (C=O) groups is 1. The lowest BCUT2D eigenvalue weighted by atomic mass is 9.91. The van der Waals surface area contributed by atoms with Crippen LogP contribution in [0.3, 0.4) is 0 Å². The molecule has 0 spiro atoms. The number of nitrogens with two attached hydrogens (primary N) is 1. The lowest BCUT2D eigenvalue weighted by Crippen LogP contribution is -2.46. The number of hydrogen-bond acceptors (Lipinski definition) is 6. The van der Waals surface area contributed by atoms with Crippen LogP contribution >= 0.6 is 0 Å². The summed E-state index contributed by atoms with van der Waals surface area (Å²) in [5, 5.41) is 9.48. The van der Waals surface area contributed by atoms with Crippen LogP contribution in [-0.4, -0.2) is 29.2 Å². The molecule has 3 rings (SSSR count). The molecule has 0 aliphatic carbocycles. The van der Waals surface area contributed by atoms with Crippen LogP contribution in [0.5, 0.6) is 0 Å². The fraction of sp³-hybridized carbons (Fsp3) is 0.464. The smallest absolute Gasteiger partial charge is 0.220 e. The average Bonchev–Trinajstić information content (AvgIpc) is 3.20. The first-order valence-electron chi connectivity index (χ1n) is 12.6. The van der Waals surface area contributed by atoms with Gasteiger partial charge in [-0.15, -0.1) is 0 Å². The Balaban J connectivity index is 1.83. The van der Waals surface area contributed by atoms with Gasteiger partial charge in [0.2, 0.25) is 5.91 Å². The SMILES string of the molecule is C=C(N)c1cc(F)c(NC(C)[C@H](CC)NC(=O)CC(C)(C)C)nc1Nc1ccc2c(c1)C=NC2CC. The van der Waals surface area contributed by atoms with E-state index in [4.69, 9.17) is 5.73 Å². The van der Waals surface area contributed by atoms with E-state index in [2.05, 4.69) is 39.4 Å². The molecule has 1 aliphatic heterocycles. The van der Waals surface area contributed by atoms with Crippen LogP contribution in [0, 0.1) is 11.2 Å². The first kappa shape index (κ1) is 27.2. The molecule has 1 aromatic heterocycles. The fourth-order valence-corrected chi connectivity index (χ4v) is 4.35. The Morgan fingerprint density at radius 3 is 2.56 bits per heavy atom. The molecule has 36 heavy (non-hydrogen) atoms. The Morgan fingerprint density at radius 2 is 1.94 bits per heavy atom. The van der Waals surface area contributed by atoms with E-state index in [-0.39, 0.29) is 41.0 Å². The highest BCUT2D eigenvalue weighted by atomic mass is 19.1. The minimum Gasteiger partial charge on any atom is -0.399 e. The molecular formula is C28H39FN6O. The predicted molar refractivity (Wildman–Crippen MR) is 147 cm³/mol. The third kappa shape index (κ3) is 6.62. The highest BCUT2D eigenvalue weighted by molar-refractivity contribution is 5.87. The lowest BCUT2D eigenvalue weighted by Gasteiger charge is -2.27. The molecule has 0 bridgehead atoms. The number of pyridine rings is 1. The lowest BCUT2D eigenvalue weighted by molar-refractivity contribution is -0.123. The largest absolute Gasteiger partial charge is 0.399 e. The van der Waals surface area contributed by atoms with Crippen molar-refractivity contribution in [2.75, 3.05) is 10.6 Å². The van der Waals surface area contributed by atoms with Gasteiger partial charge < -0.3 is 21.7 Å². The van der Waals surface area contributed by atoms with Crippen LogP contribution in [0.25, 0.3) is 5.70 Å². The Hall–Kier alpha value is -3.42. The van der Waals surface area contributed by atoms with Crippen molar-refractivity contribution >= 4 is 35.1 Å². The van der Waals surface area contributed by atoms with E-state index in [0.29, 0.717) is 24.2 Å². The maximum atomic E-state index is 15.0. The quantitative estimate of drug-likeness (QED) is 0.329.